The second-order valence-electron chi connectivity index (χ2n) is 11.7. The molecular formula is C33H39N3O3. The van der Waals surface area contributed by atoms with Crippen LogP contribution in [0.1, 0.15) is 57.2 Å². The fraction of sp³-hybridized carbons (Fsp3) is 0.364. The highest BCUT2D eigenvalue weighted by atomic mass is 16.2. The molecule has 0 saturated heterocycles. The van der Waals surface area contributed by atoms with Gasteiger partial charge in [-0.15, -0.1) is 0 Å². The minimum atomic E-state index is -0.603. The zero-order chi connectivity index (χ0) is 28.3. The number of likely N-dealkylation sites (N-methyl/N-ethyl adjacent to an activating group) is 1. The molecule has 6 nitrogen and oxygen atoms in total. The highest BCUT2D eigenvalue weighted by Crippen LogP contribution is 2.32. The number of fused-ring (bicyclic) bond motifs is 1. The third-order valence-corrected chi connectivity index (χ3v) is 7.52. The van der Waals surface area contributed by atoms with Crippen LogP contribution < -0.4 is 5.32 Å². The number of rotatable bonds is 7. The quantitative estimate of drug-likeness (QED) is 0.439. The van der Waals surface area contributed by atoms with E-state index in [-0.39, 0.29) is 36.0 Å². The first kappa shape index (κ1) is 28.1. The Morgan fingerprint density at radius 1 is 0.974 bits per heavy atom. The summed E-state index contributed by atoms with van der Waals surface area (Å²) in [5.74, 6) is -1.06. The molecule has 0 radical (unpaired) electrons. The summed E-state index contributed by atoms with van der Waals surface area (Å²) in [6, 6.07) is 22.3. The Balaban J connectivity index is 1.52. The first-order chi connectivity index (χ1) is 18.5. The molecule has 0 fully saturated rings. The smallest absolute Gasteiger partial charge is 0.251 e. The molecule has 204 valence electrons. The van der Waals surface area contributed by atoms with E-state index in [2.05, 4.69) is 38.2 Å². The summed E-state index contributed by atoms with van der Waals surface area (Å²) >= 11 is 0. The van der Waals surface area contributed by atoms with Crippen molar-refractivity contribution in [1.29, 1.82) is 0 Å². The van der Waals surface area contributed by atoms with Crippen molar-refractivity contribution in [2.75, 3.05) is 14.1 Å². The zero-order valence-corrected chi connectivity index (χ0v) is 23.9. The van der Waals surface area contributed by atoms with Crippen molar-refractivity contribution in [3.05, 3.63) is 94.7 Å². The number of amides is 3. The highest BCUT2D eigenvalue weighted by molar-refractivity contribution is 5.98. The van der Waals surface area contributed by atoms with Crippen LogP contribution in [-0.4, -0.2) is 41.6 Å². The van der Waals surface area contributed by atoms with Crippen LogP contribution in [0.5, 0.6) is 0 Å². The third-order valence-electron chi connectivity index (χ3n) is 7.52. The van der Waals surface area contributed by atoms with Gasteiger partial charge in [-0.2, -0.15) is 0 Å². The Hall–Kier alpha value is -3.93. The number of carbonyl (C=O) groups is 3. The minimum Gasteiger partial charge on any atom is -0.352 e. The average molecular weight is 526 g/mol. The fourth-order valence-electron chi connectivity index (χ4n) is 5.13. The molecule has 0 saturated carbocycles. The maximum absolute atomic E-state index is 13.7. The number of hydrogen-bond acceptors (Lipinski definition) is 3. The lowest BCUT2D eigenvalue weighted by molar-refractivity contribution is -0.139. The van der Waals surface area contributed by atoms with Gasteiger partial charge < -0.3 is 15.1 Å². The largest absolute Gasteiger partial charge is 0.352 e. The van der Waals surface area contributed by atoms with Crippen molar-refractivity contribution >= 4 is 28.5 Å². The monoisotopic (exact) mass is 525 g/mol. The maximum Gasteiger partial charge on any atom is 0.251 e. The molecule has 1 N–H and O–H groups in total. The molecule has 1 unspecified atom stereocenters. The SMILES string of the molecule is CC1=C(C(=O)N(C)C)CC(CC(=O)NCc2cccc3ccccc23)C(=O)N1Cc1ccc(C(C)(C)C)cc1. The van der Waals surface area contributed by atoms with Crippen LogP contribution in [0.25, 0.3) is 10.8 Å². The van der Waals surface area contributed by atoms with Gasteiger partial charge in [-0.05, 0) is 46.2 Å². The first-order valence-corrected chi connectivity index (χ1v) is 13.5. The molecule has 1 aliphatic rings. The van der Waals surface area contributed by atoms with E-state index in [0.717, 1.165) is 21.9 Å². The predicted molar refractivity (Wildman–Crippen MR) is 156 cm³/mol. The lowest BCUT2D eigenvalue weighted by atomic mass is 9.86. The number of nitrogens with one attached hydrogen (secondary N) is 1. The molecule has 3 aromatic carbocycles. The molecule has 0 spiro atoms. The van der Waals surface area contributed by atoms with Gasteiger partial charge in [0.2, 0.25) is 11.8 Å². The predicted octanol–water partition coefficient (Wildman–Crippen LogP) is 5.55. The lowest BCUT2D eigenvalue weighted by Crippen LogP contribution is -2.43. The van der Waals surface area contributed by atoms with Gasteiger partial charge in [0, 0.05) is 38.3 Å². The molecule has 0 aromatic heterocycles. The number of hydrogen-bond donors (Lipinski definition) is 1. The van der Waals surface area contributed by atoms with Crippen LogP contribution in [0.3, 0.4) is 0 Å². The van der Waals surface area contributed by atoms with Gasteiger partial charge in [-0.3, -0.25) is 14.4 Å². The van der Waals surface area contributed by atoms with Crippen molar-refractivity contribution in [1.82, 2.24) is 15.1 Å². The summed E-state index contributed by atoms with van der Waals surface area (Å²) < 4.78 is 0. The van der Waals surface area contributed by atoms with Gasteiger partial charge in [-0.1, -0.05) is 87.5 Å². The van der Waals surface area contributed by atoms with E-state index in [4.69, 9.17) is 0 Å². The summed E-state index contributed by atoms with van der Waals surface area (Å²) in [5, 5.41) is 5.21. The second-order valence-corrected chi connectivity index (χ2v) is 11.7. The summed E-state index contributed by atoms with van der Waals surface area (Å²) in [4.78, 5) is 43.0. The van der Waals surface area contributed by atoms with E-state index in [1.54, 1.807) is 19.0 Å². The molecule has 39 heavy (non-hydrogen) atoms. The fourth-order valence-corrected chi connectivity index (χ4v) is 5.13. The van der Waals surface area contributed by atoms with Crippen molar-refractivity contribution in [3.63, 3.8) is 0 Å². The van der Waals surface area contributed by atoms with E-state index in [0.29, 0.717) is 24.4 Å². The maximum atomic E-state index is 13.7. The topological polar surface area (TPSA) is 69.7 Å². The Morgan fingerprint density at radius 2 is 1.64 bits per heavy atom. The van der Waals surface area contributed by atoms with Crippen molar-refractivity contribution in [3.8, 4) is 0 Å². The van der Waals surface area contributed by atoms with Crippen LogP contribution in [0.4, 0.5) is 0 Å². The van der Waals surface area contributed by atoms with Gasteiger partial charge >= 0.3 is 0 Å². The van der Waals surface area contributed by atoms with Crippen molar-refractivity contribution in [2.45, 2.75) is 59.0 Å². The van der Waals surface area contributed by atoms with Crippen LogP contribution in [0.2, 0.25) is 0 Å². The number of carbonyl (C=O) groups excluding carboxylic acids is 3. The average Bonchev–Trinajstić information content (AvgIpc) is 2.90. The Kier molecular flexibility index (Phi) is 8.24. The highest BCUT2D eigenvalue weighted by Gasteiger charge is 2.37. The van der Waals surface area contributed by atoms with Gasteiger partial charge in [0.25, 0.3) is 5.91 Å². The molecule has 0 bridgehead atoms. The van der Waals surface area contributed by atoms with Gasteiger partial charge in [0.1, 0.15) is 0 Å². The van der Waals surface area contributed by atoms with E-state index in [1.807, 2.05) is 61.5 Å². The number of allylic oxidation sites excluding steroid dienone is 1. The van der Waals surface area contributed by atoms with Crippen LogP contribution in [-0.2, 0) is 32.9 Å². The Morgan fingerprint density at radius 3 is 2.31 bits per heavy atom. The summed E-state index contributed by atoms with van der Waals surface area (Å²) in [6.07, 6.45) is 0.281. The van der Waals surface area contributed by atoms with Crippen molar-refractivity contribution < 1.29 is 14.4 Å². The van der Waals surface area contributed by atoms with E-state index >= 15 is 0 Å². The third kappa shape index (κ3) is 6.39. The van der Waals surface area contributed by atoms with Crippen LogP contribution >= 0.6 is 0 Å². The molecule has 1 heterocycles. The number of nitrogens with zero attached hydrogens (tertiary/aromatic N) is 2. The molecule has 6 heteroatoms. The van der Waals surface area contributed by atoms with Gasteiger partial charge in [0.15, 0.2) is 0 Å². The molecule has 3 amide bonds. The van der Waals surface area contributed by atoms with Crippen molar-refractivity contribution in [2.24, 2.45) is 5.92 Å². The summed E-state index contributed by atoms with van der Waals surface area (Å²) in [5.41, 5.74) is 4.49. The molecule has 1 atom stereocenters. The lowest BCUT2D eigenvalue weighted by Gasteiger charge is -2.35. The van der Waals surface area contributed by atoms with Gasteiger partial charge in [-0.25, -0.2) is 0 Å². The zero-order valence-electron chi connectivity index (χ0n) is 23.9. The first-order valence-electron chi connectivity index (χ1n) is 13.5. The molecule has 4 rings (SSSR count). The van der Waals surface area contributed by atoms with E-state index in [1.165, 1.54) is 10.5 Å². The van der Waals surface area contributed by atoms with Crippen LogP contribution in [0, 0.1) is 5.92 Å². The van der Waals surface area contributed by atoms with E-state index < -0.39 is 5.92 Å². The minimum absolute atomic E-state index is 0.0283. The Labute approximate surface area is 231 Å². The number of benzene rings is 3. The molecule has 0 aliphatic carbocycles. The second kappa shape index (κ2) is 11.4. The normalized spacial score (nSPS) is 16.0. The molecule has 3 aromatic rings. The van der Waals surface area contributed by atoms with Gasteiger partial charge in [0.05, 0.1) is 12.5 Å². The Bertz CT molecular complexity index is 1410. The summed E-state index contributed by atoms with van der Waals surface area (Å²) in [6.45, 7) is 9.06. The molecule has 1 aliphatic heterocycles. The summed E-state index contributed by atoms with van der Waals surface area (Å²) in [7, 11) is 3.42. The van der Waals surface area contributed by atoms with E-state index in [9.17, 15) is 14.4 Å². The standard InChI is InChI=1S/C33H39N3O3/c1-22-29(32(39)35(5)6)18-26(31(38)36(22)21-23-14-16-27(17-15-23)33(2,3)4)19-30(37)34-20-25-12-9-11-24-10-7-8-13-28(24)25/h7-17,26H,18-21H2,1-6H3,(H,34,37). The van der Waals surface area contributed by atoms with Crippen LogP contribution in [0.15, 0.2) is 78.0 Å². The molecular weight excluding hydrogens is 486 g/mol.